The summed E-state index contributed by atoms with van der Waals surface area (Å²) in [5.74, 6) is 0.0255. The molecule has 18 heavy (non-hydrogen) atoms. The van der Waals surface area contributed by atoms with Crippen molar-refractivity contribution in [1.29, 1.82) is 0 Å². The molecule has 0 aromatic carbocycles. The first-order chi connectivity index (χ1) is 8.27. The largest absolute Gasteiger partial charge is 0.350 e. The highest BCUT2D eigenvalue weighted by atomic mass is 16.2. The van der Waals surface area contributed by atoms with E-state index < -0.39 is 0 Å². The number of hydrogen-bond donors (Lipinski definition) is 1. The van der Waals surface area contributed by atoms with Gasteiger partial charge < -0.3 is 5.32 Å². The summed E-state index contributed by atoms with van der Waals surface area (Å²) in [7, 11) is 0. The fourth-order valence-corrected chi connectivity index (χ4v) is 1.37. The van der Waals surface area contributed by atoms with Crippen LogP contribution in [0.4, 0.5) is 5.82 Å². The van der Waals surface area contributed by atoms with Crippen LogP contribution < -0.4 is 11.0 Å². The SMILES string of the molecule is CCC(C)(C)n1ccc(NC(=O)C(C)C)nc1=O. The van der Waals surface area contributed by atoms with Crippen molar-refractivity contribution in [3.8, 4) is 0 Å². The zero-order valence-electron chi connectivity index (χ0n) is 11.7. The van der Waals surface area contributed by atoms with Gasteiger partial charge in [0, 0.05) is 17.7 Å². The normalized spacial score (nSPS) is 11.7. The summed E-state index contributed by atoms with van der Waals surface area (Å²) in [5, 5.41) is 2.62. The molecule has 0 radical (unpaired) electrons. The minimum Gasteiger partial charge on any atom is -0.310 e. The molecule has 5 nitrogen and oxygen atoms in total. The summed E-state index contributed by atoms with van der Waals surface area (Å²) in [4.78, 5) is 27.3. The van der Waals surface area contributed by atoms with E-state index in [2.05, 4.69) is 10.3 Å². The molecule has 0 saturated heterocycles. The van der Waals surface area contributed by atoms with Crippen LogP contribution in [0.2, 0.25) is 0 Å². The second kappa shape index (κ2) is 5.33. The average Bonchev–Trinajstić information content (AvgIpc) is 2.28. The topological polar surface area (TPSA) is 64.0 Å². The highest BCUT2D eigenvalue weighted by molar-refractivity contribution is 5.90. The number of amides is 1. The molecular formula is C13H21N3O2. The number of hydrogen-bond acceptors (Lipinski definition) is 3. The maximum absolute atomic E-state index is 11.9. The van der Waals surface area contributed by atoms with Crippen LogP contribution in [0.25, 0.3) is 0 Å². The Bertz CT molecular complexity index is 489. The molecular weight excluding hydrogens is 230 g/mol. The number of nitrogens with one attached hydrogen (secondary N) is 1. The van der Waals surface area contributed by atoms with Crippen molar-refractivity contribution < 1.29 is 4.79 Å². The Balaban J connectivity index is 3.01. The quantitative estimate of drug-likeness (QED) is 0.890. The van der Waals surface area contributed by atoms with Crippen molar-refractivity contribution in [2.45, 2.75) is 46.6 Å². The summed E-state index contributed by atoms with van der Waals surface area (Å²) in [6.07, 6.45) is 2.50. The maximum atomic E-state index is 11.9. The lowest BCUT2D eigenvalue weighted by atomic mass is 10.0. The molecule has 1 amide bonds. The van der Waals surface area contributed by atoms with Gasteiger partial charge in [-0.05, 0) is 26.3 Å². The molecule has 0 aliphatic rings. The van der Waals surface area contributed by atoms with Crippen molar-refractivity contribution >= 4 is 11.7 Å². The van der Waals surface area contributed by atoms with Gasteiger partial charge in [0.05, 0.1) is 0 Å². The zero-order chi connectivity index (χ0) is 13.9. The van der Waals surface area contributed by atoms with E-state index in [1.165, 1.54) is 0 Å². The molecule has 1 aromatic rings. The molecule has 0 fully saturated rings. The Labute approximate surface area is 107 Å². The molecule has 0 aliphatic carbocycles. The lowest BCUT2D eigenvalue weighted by molar-refractivity contribution is -0.118. The van der Waals surface area contributed by atoms with Gasteiger partial charge in [0.25, 0.3) is 0 Å². The Morgan fingerprint density at radius 2 is 2.11 bits per heavy atom. The Morgan fingerprint density at radius 3 is 2.56 bits per heavy atom. The van der Waals surface area contributed by atoms with Gasteiger partial charge in [-0.2, -0.15) is 4.98 Å². The zero-order valence-corrected chi connectivity index (χ0v) is 11.7. The molecule has 5 heteroatoms. The van der Waals surface area contributed by atoms with Crippen LogP contribution in [0.1, 0.15) is 41.0 Å². The molecule has 100 valence electrons. The molecule has 1 heterocycles. The molecule has 0 spiro atoms. The number of carbonyl (C=O) groups excluding carboxylic acids is 1. The van der Waals surface area contributed by atoms with Crippen molar-refractivity contribution in [3.05, 3.63) is 22.7 Å². The van der Waals surface area contributed by atoms with Crippen molar-refractivity contribution in [2.24, 2.45) is 5.92 Å². The van der Waals surface area contributed by atoms with Crippen LogP contribution >= 0.6 is 0 Å². The monoisotopic (exact) mass is 251 g/mol. The summed E-state index contributed by atoms with van der Waals surface area (Å²) in [5.41, 5.74) is -0.617. The van der Waals surface area contributed by atoms with E-state index in [1.54, 1.807) is 30.7 Å². The smallest absolute Gasteiger partial charge is 0.310 e. The first-order valence-electron chi connectivity index (χ1n) is 6.19. The van der Waals surface area contributed by atoms with Crippen LogP contribution in [-0.4, -0.2) is 15.5 Å². The van der Waals surface area contributed by atoms with Crippen molar-refractivity contribution in [2.75, 3.05) is 5.32 Å². The summed E-state index contributed by atoms with van der Waals surface area (Å²) in [6.45, 7) is 9.54. The highest BCUT2D eigenvalue weighted by Crippen LogP contribution is 2.16. The van der Waals surface area contributed by atoms with Crippen LogP contribution in [-0.2, 0) is 10.3 Å². The van der Waals surface area contributed by atoms with Gasteiger partial charge in [-0.15, -0.1) is 0 Å². The first-order valence-corrected chi connectivity index (χ1v) is 6.19. The molecule has 0 atom stereocenters. The Morgan fingerprint density at radius 1 is 1.50 bits per heavy atom. The number of aromatic nitrogens is 2. The standard InChI is InChI=1S/C13H21N3O2/c1-6-13(4,5)16-8-7-10(15-12(16)18)14-11(17)9(2)3/h7-9H,6H2,1-5H3,(H,14,15,17,18). The van der Waals surface area contributed by atoms with Gasteiger partial charge >= 0.3 is 5.69 Å². The van der Waals surface area contributed by atoms with E-state index in [0.29, 0.717) is 5.82 Å². The van der Waals surface area contributed by atoms with Gasteiger partial charge in [-0.3, -0.25) is 9.36 Å². The van der Waals surface area contributed by atoms with Crippen LogP contribution in [0.15, 0.2) is 17.1 Å². The van der Waals surface area contributed by atoms with E-state index >= 15 is 0 Å². The minimum atomic E-state index is -0.344. The number of nitrogens with zero attached hydrogens (tertiary/aromatic N) is 2. The van der Waals surface area contributed by atoms with Crippen molar-refractivity contribution in [3.63, 3.8) is 0 Å². The van der Waals surface area contributed by atoms with Gasteiger partial charge in [0.1, 0.15) is 5.82 Å². The average molecular weight is 251 g/mol. The molecule has 0 aliphatic heterocycles. The van der Waals surface area contributed by atoms with Crippen molar-refractivity contribution in [1.82, 2.24) is 9.55 Å². The minimum absolute atomic E-state index is 0.138. The summed E-state index contributed by atoms with van der Waals surface area (Å²) < 4.78 is 1.58. The van der Waals surface area contributed by atoms with Crippen LogP contribution in [0, 0.1) is 5.92 Å². The summed E-state index contributed by atoms with van der Waals surface area (Å²) in [6, 6.07) is 1.65. The van der Waals surface area contributed by atoms with Crippen LogP contribution in [0.3, 0.4) is 0 Å². The number of anilines is 1. The van der Waals surface area contributed by atoms with E-state index in [4.69, 9.17) is 0 Å². The van der Waals surface area contributed by atoms with E-state index in [0.717, 1.165) is 6.42 Å². The third-order valence-corrected chi connectivity index (χ3v) is 3.10. The maximum Gasteiger partial charge on any atom is 0.350 e. The van der Waals surface area contributed by atoms with Gasteiger partial charge in [-0.1, -0.05) is 20.8 Å². The first kappa shape index (κ1) is 14.4. The van der Waals surface area contributed by atoms with Gasteiger partial charge in [0.2, 0.25) is 5.91 Å². The third-order valence-electron chi connectivity index (χ3n) is 3.10. The fourth-order valence-electron chi connectivity index (χ4n) is 1.37. The van der Waals surface area contributed by atoms with Gasteiger partial charge in [-0.25, -0.2) is 4.79 Å². The molecule has 0 saturated carbocycles. The summed E-state index contributed by atoms with van der Waals surface area (Å²) >= 11 is 0. The van der Waals surface area contributed by atoms with E-state index in [1.807, 2.05) is 20.8 Å². The Hall–Kier alpha value is -1.65. The molecule has 0 bridgehead atoms. The lowest BCUT2D eigenvalue weighted by Crippen LogP contribution is -2.37. The molecule has 1 aromatic heterocycles. The second-order valence-corrected chi connectivity index (χ2v) is 5.28. The highest BCUT2D eigenvalue weighted by Gasteiger charge is 2.19. The predicted molar refractivity (Wildman–Crippen MR) is 71.6 cm³/mol. The molecule has 1 N–H and O–H groups in total. The number of rotatable bonds is 4. The predicted octanol–water partition coefficient (Wildman–Crippen LogP) is 1.98. The van der Waals surface area contributed by atoms with Crippen LogP contribution in [0.5, 0.6) is 0 Å². The lowest BCUT2D eigenvalue weighted by Gasteiger charge is -2.25. The molecule has 0 unspecified atom stereocenters. The fraction of sp³-hybridized carbons (Fsp3) is 0.615. The Kier molecular flexibility index (Phi) is 4.27. The van der Waals surface area contributed by atoms with E-state index in [-0.39, 0.29) is 23.1 Å². The second-order valence-electron chi connectivity index (χ2n) is 5.28. The number of carbonyl (C=O) groups is 1. The molecule has 1 rings (SSSR count). The van der Waals surface area contributed by atoms with E-state index in [9.17, 15) is 9.59 Å². The van der Waals surface area contributed by atoms with Gasteiger partial charge in [0.15, 0.2) is 0 Å². The third kappa shape index (κ3) is 3.18.